The number of nitrogens with one attached hydrogen (secondary N) is 1. The zero-order chi connectivity index (χ0) is 11.7. The summed E-state index contributed by atoms with van der Waals surface area (Å²) in [7, 11) is 0. The van der Waals surface area contributed by atoms with Gasteiger partial charge in [0.15, 0.2) is 0 Å². The van der Waals surface area contributed by atoms with E-state index in [9.17, 15) is 0 Å². The molecule has 1 saturated carbocycles. The van der Waals surface area contributed by atoms with Gasteiger partial charge in [-0.2, -0.15) is 0 Å². The fourth-order valence-corrected chi connectivity index (χ4v) is 3.88. The van der Waals surface area contributed by atoms with Crippen molar-refractivity contribution >= 4 is 38.6 Å². The molecule has 1 fully saturated rings. The van der Waals surface area contributed by atoms with E-state index in [-0.39, 0.29) is 0 Å². The maximum atomic E-state index is 4.66. The van der Waals surface area contributed by atoms with Gasteiger partial charge in [0.05, 0.1) is 10.6 Å². The monoisotopic (exact) mass is 328 g/mol. The molecule has 90 valence electrons. The average Bonchev–Trinajstić information content (AvgIpc) is 2.85. The summed E-state index contributed by atoms with van der Waals surface area (Å²) in [6.07, 6.45) is 2.80. The zero-order valence-electron chi connectivity index (χ0n) is 9.28. The second kappa shape index (κ2) is 5.18. The molecule has 17 heavy (non-hydrogen) atoms. The van der Waals surface area contributed by atoms with Gasteiger partial charge in [-0.25, -0.2) is 4.98 Å². The first kappa shape index (κ1) is 11.8. The molecule has 0 aromatic carbocycles. The third-order valence-electron chi connectivity index (χ3n) is 2.78. The first-order valence-corrected chi connectivity index (χ1v) is 8.26. The number of thiophene rings is 1. The smallest absolute Gasteiger partial charge is 0.107 e. The number of rotatable bonds is 5. The fraction of sp³-hybridized carbons (Fsp3) is 0.417. The van der Waals surface area contributed by atoms with Gasteiger partial charge in [0, 0.05) is 21.8 Å². The van der Waals surface area contributed by atoms with E-state index >= 15 is 0 Å². The SMILES string of the molecule is Brc1csc(-c2csc(CNCC3CC3)n2)c1. The van der Waals surface area contributed by atoms with Crippen LogP contribution in [0, 0.1) is 5.92 Å². The van der Waals surface area contributed by atoms with E-state index in [1.807, 2.05) is 0 Å². The summed E-state index contributed by atoms with van der Waals surface area (Å²) < 4.78 is 1.14. The third kappa shape index (κ3) is 3.16. The van der Waals surface area contributed by atoms with E-state index in [0.29, 0.717) is 0 Å². The highest BCUT2D eigenvalue weighted by Crippen LogP contribution is 2.31. The Labute approximate surface area is 117 Å². The second-order valence-electron chi connectivity index (χ2n) is 4.33. The molecule has 3 rings (SSSR count). The van der Waals surface area contributed by atoms with Crippen molar-refractivity contribution in [1.29, 1.82) is 0 Å². The van der Waals surface area contributed by atoms with E-state index < -0.39 is 0 Å². The number of thiazole rings is 1. The molecular formula is C12H13BrN2S2. The molecule has 2 nitrogen and oxygen atoms in total. The molecular weight excluding hydrogens is 316 g/mol. The minimum absolute atomic E-state index is 0.910. The summed E-state index contributed by atoms with van der Waals surface area (Å²) in [5.41, 5.74) is 1.11. The van der Waals surface area contributed by atoms with Gasteiger partial charge in [0.25, 0.3) is 0 Å². The van der Waals surface area contributed by atoms with Crippen LogP contribution in [0.2, 0.25) is 0 Å². The highest BCUT2D eigenvalue weighted by atomic mass is 79.9. The van der Waals surface area contributed by atoms with Crippen molar-refractivity contribution in [3.8, 4) is 10.6 Å². The predicted molar refractivity (Wildman–Crippen MR) is 77.6 cm³/mol. The van der Waals surface area contributed by atoms with Crippen LogP contribution in [0.3, 0.4) is 0 Å². The van der Waals surface area contributed by atoms with Crippen LogP contribution in [-0.4, -0.2) is 11.5 Å². The van der Waals surface area contributed by atoms with Gasteiger partial charge in [-0.15, -0.1) is 22.7 Å². The van der Waals surface area contributed by atoms with Gasteiger partial charge in [0.2, 0.25) is 0 Å². The number of aromatic nitrogens is 1. The molecule has 0 unspecified atom stereocenters. The Kier molecular flexibility index (Phi) is 3.61. The topological polar surface area (TPSA) is 24.9 Å². The van der Waals surface area contributed by atoms with Crippen LogP contribution >= 0.6 is 38.6 Å². The molecule has 0 bridgehead atoms. The van der Waals surface area contributed by atoms with Crippen molar-refractivity contribution in [2.24, 2.45) is 5.92 Å². The molecule has 2 heterocycles. The molecule has 2 aromatic heterocycles. The summed E-state index contributed by atoms with van der Waals surface area (Å²) in [4.78, 5) is 5.89. The lowest BCUT2D eigenvalue weighted by Gasteiger charge is -1.98. The van der Waals surface area contributed by atoms with Crippen LogP contribution < -0.4 is 5.32 Å². The first-order valence-electron chi connectivity index (χ1n) is 5.71. The lowest BCUT2D eigenvalue weighted by molar-refractivity contribution is 0.637. The highest BCUT2D eigenvalue weighted by Gasteiger charge is 2.20. The summed E-state index contributed by atoms with van der Waals surface area (Å²) in [5.74, 6) is 0.933. The molecule has 1 aliphatic carbocycles. The van der Waals surface area contributed by atoms with Gasteiger partial charge in [0.1, 0.15) is 5.01 Å². The Balaban J connectivity index is 1.61. The second-order valence-corrected chi connectivity index (χ2v) is 7.10. The fourth-order valence-electron chi connectivity index (χ4n) is 1.66. The Morgan fingerprint density at radius 1 is 1.35 bits per heavy atom. The van der Waals surface area contributed by atoms with E-state index in [1.165, 1.54) is 22.7 Å². The summed E-state index contributed by atoms with van der Waals surface area (Å²) >= 11 is 6.95. The van der Waals surface area contributed by atoms with E-state index in [2.05, 4.69) is 43.1 Å². The quantitative estimate of drug-likeness (QED) is 0.892. The van der Waals surface area contributed by atoms with Crippen LogP contribution in [0.4, 0.5) is 0 Å². The van der Waals surface area contributed by atoms with Crippen molar-refractivity contribution in [2.75, 3.05) is 6.54 Å². The minimum atomic E-state index is 0.910. The predicted octanol–water partition coefficient (Wildman–Crippen LogP) is 4.13. The van der Waals surface area contributed by atoms with Crippen LogP contribution in [0.5, 0.6) is 0 Å². The van der Waals surface area contributed by atoms with Crippen molar-refractivity contribution in [3.63, 3.8) is 0 Å². The standard InChI is InChI=1S/C12H13BrN2S2/c13-9-3-11(16-6-9)10-7-17-12(15-10)5-14-4-8-1-2-8/h3,6-8,14H,1-2,4-5H2. The maximum absolute atomic E-state index is 4.66. The Morgan fingerprint density at radius 2 is 2.24 bits per heavy atom. The van der Waals surface area contributed by atoms with Crippen LogP contribution in [-0.2, 0) is 6.54 Å². The first-order chi connectivity index (χ1) is 8.31. The molecule has 5 heteroatoms. The Bertz CT molecular complexity index is 502. The Morgan fingerprint density at radius 3 is 2.94 bits per heavy atom. The van der Waals surface area contributed by atoms with E-state index in [1.54, 1.807) is 22.7 Å². The molecule has 0 saturated heterocycles. The maximum Gasteiger partial charge on any atom is 0.107 e. The summed E-state index contributed by atoms with van der Waals surface area (Å²) in [6, 6.07) is 2.13. The molecule has 0 spiro atoms. The van der Waals surface area contributed by atoms with Crippen LogP contribution in [0.15, 0.2) is 21.3 Å². The summed E-state index contributed by atoms with van der Waals surface area (Å²) in [5, 5.41) is 8.90. The molecule has 0 aliphatic heterocycles. The van der Waals surface area contributed by atoms with Gasteiger partial charge in [-0.3, -0.25) is 0 Å². The number of halogens is 1. The molecule has 0 amide bonds. The van der Waals surface area contributed by atoms with Crippen molar-refractivity contribution in [2.45, 2.75) is 19.4 Å². The lowest BCUT2D eigenvalue weighted by atomic mass is 10.4. The Hall–Kier alpha value is -0.230. The summed E-state index contributed by atoms with van der Waals surface area (Å²) in [6.45, 7) is 2.06. The normalized spacial score (nSPS) is 15.4. The van der Waals surface area contributed by atoms with Crippen LogP contribution in [0.1, 0.15) is 17.8 Å². The molecule has 2 aromatic rings. The molecule has 1 aliphatic rings. The van der Waals surface area contributed by atoms with Crippen LogP contribution in [0.25, 0.3) is 10.6 Å². The number of nitrogens with zero attached hydrogens (tertiary/aromatic N) is 1. The van der Waals surface area contributed by atoms with Gasteiger partial charge >= 0.3 is 0 Å². The van der Waals surface area contributed by atoms with Gasteiger partial charge < -0.3 is 5.32 Å². The molecule has 0 atom stereocenters. The average molecular weight is 329 g/mol. The minimum Gasteiger partial charge on any atom is -0.310 e. The highest BCUT2D eigenvalue weighted by molar-refractivity contribution is 9.10. The van der Waals surface area contributed by atoms with Crippen molar-refractivity contribution < 1.29 is 0 Å². The van der Waals surface area contributed by atoms with Crippen molar-refractivity contribution in [3.05, 3.63) is 26.3 Å². The lowest BCUT2D eigenvalue weighted by Crippen LogP contribution is -2.15. The molecule has 1 N–H and O–H groups in total. The van der Waals surface area contributed by atoms with Crippen molar-refractivity contribution in [1.82, 2.24) is 10.3 Å². The van der Waals surface area contributed by atoms with Gasteiger partial charge in [-0.1, -0.05) is 0 Å². The zero-order valence-corrected chi connectivity index (χ0v) is 12.5. The molecule has 0 radical (unpaired) electrons. The van der Waals surface area contributed by atoms with E-state index in [0.717, 1.165) is 29.2 Å². The van der Waals surface area contributed by atoms with Gasteiger partial charge in [-0.05, 0) is 47.3 Å². The number of hydrogen-bond acceptors (Lipinski definition) is 4. The largest absolute Gasteiger partial charge is 0.310 e. The number of hydrogen-bond donors (Lipinski definition) is 1. The third-order valence-corrected chi connectivity index (χ3v) is 5.34. The van der Waals surface area contributed by atoms with E-state index in [4.69, 9.17) is 0 Å².